The fourth-order valence-corrected chi connectivity index (χ4v) is 2.10. The number of halogens is 3. The van der Waals surface area contributed by atoms with Crippen molar-refractivity contribution < 1.29 is 22.7 Å². The molecule has 1 amide bonds. The van der Waals surface area contributed by atoms with E-state index in [1.54, 1.807) is 19.1 Å². The van der Waals surface area contributed by atoms with Crippen LogP contribution in [-0.2, 0) is 0 Å². The van der Waals surface area contributed by atoms with Gasteiger partial charge in [0.15, 0.2) is 0 Å². The van der Waals surface area contributed by atoms with Crippen LogP contribution >= 0.6 is 0 Å². The molecule has 1 rings (SSSR count). The van der Waals surface area contributed by atoms with Gasteiger partial charge in [0.05, 0.1) is 6.61 Å². The molecule has 0 saturated carbocycles. The van der Waals surface area contributed by atoms with Crippen molar-refractivity contribution in [1.29, 1.82) is 0 Å². The molecule has 0 saturated heterocycles. The van der Waals surface area contributed by atoms with Crippen molar-refractivity contribution in [2.24, 2.45) is 0 Å². The molecule has 1 aromatic rings. The standard InChI is InChI=1S/C16H22F3NO2/c1-4-6-9-20(11-16(17,18)19)15(21)13-7-8-14(22-5-2)12(3)10-13/h7-8,10H,4-6,9,11H2,1-3H3. The second-order valence-electron chi connectivity index (χ2n) is 5.11. The molecular formula is C16H22F3NO2. The summed E-state index contributed by atoms with van der Waals surface area (Å²) in [5.41, 5.74) is 0.983. The van der Waals surface area contributed by atoms with Gasteiger partial charge in [-0.15, -0.1) is 0 Å². The number of benzene rings is 1. The van der Waals surface area contributed by atoms with Crippen molar-refractivity contribution in [2.45, 2.75) is 39.8 Å². The Morgan fingerprint density at radius 1 is 1.27 bits per heavy atom. The Morgan fingerprint density at radius 2 is 1.95 bits per heavy atom. The van der Waals surface area contributed by atoms with E-state index in [-0.39, 0.29) is 12.1 Å². The third-order valence-electron chi connectivity index (χ3n) is 3.16. The summed E-state index contributed by atoms with van der Waals surface area (Å²) in [6.07, 6.45) is -3.13. The predicted octanol–water partition coefficient (Wildman–Crippen LogP) is 4.20. The van der Waals surface area contributed by atoms with Crippen LogP contribution in [0.15, 0.2) is 18.2 Å². The Labute approximate surface area is 129 Å². The summed E-state index contributed by atoms with van der Waals surface area (Å²) in [6.45, 7) is 4.84. The first-order valence-corrected chi connectivity index (χ1v) is 7.38. The van der Waals surface area contributed by atoms with E-state index in [4.69, 9.17) is 4.74 Å². The van der Waals surface area contributed by atoms with Crippen LogP contribution in [0.1, 0.15) is 42.6 Å². The average Bonchev–Trinajstić information content (AvgIpc) is 2.44. The van der Waals surface area contributed by atoms with E-state index < -0.39 is 18.6 Å². The van der Waals surface area contributed by atoms with Crippen LogP contribution in [0.2, 0.25) is 0 Å². The monoisotopic (exact) mass is 317 g/mol. The summed E-state index contributed by atoms with van der Waals surface area (Å²) in [7, 11) is 0. The molecule has 0 aliphatic heterocycles. The van der Waals surface area contributed by atoms with Gasteiger partial charge in [-0.3, -0.25) is 4.79 Å². The number of aryl methyl sites for hydroxylation is 1. The molecule has 124 valence electrons. The molecule has 0 fully saturated rings. The molecule has 0 N–H and O–H groups in total. The van der Waals surface area contributed by atoms with E-state index in [9.17, 15) is 18.0 Å². The Kier molecular flexibility index (Phi) is 6.71. The summed E-state index contributed by atoms with van der Waals surface area (Å²) >= 11 is 0. The van der Waals surface area contributed by atoms with E-state index in [2.05, 4.69) is 0 Å². The molecule has 0 radical (unpaired) electrons. The Morgan fingerprint density at radius 3 is 2.45 bits per heavy atom. The highest BCUT2D eigenvalue weighted by atomic mass is 19.4. The second kappa shape index (κ2) is 8.06. The Balaban J connectivity index is 2.95. The molecule has 22 heavy (non-hydrogen) atoms. The van der Waals surface area contributed by atoms with Gasteiger partial charge in [0.2, 0.25) is 0 Å². The molecule has 0 bridgehead atoms. The lowest BCUT2D eigenvalue weighted by molar-refractivity contribution is -0.140. The van der Waals surface area contributed by atoms with Gasteiger partial charge in [-0.05, 0) is 44.0 Å². The van der Waals surface area contributed by atoms with Gasteiger partial charge in [0, 0.05) is 12.1 Å². The molecule has 0 aliphatic rings. The maximum Gasteiger partial charge on any atom is 0.406 e. The normalized spacial score (nSPS) is 11.4. The zero-order valence-corrected chi connectivity index (χ0v) is 13.2. The van der Waals surface area contributed by atoms with Crippen molar-refractivity contribution in [1.82, 2.24) is 4.90 Å². The first-order valence-electron chi connectivity index (χ1n) is 7.38. The van der Waals surface area contributed by atoms with Crippen LogP contribution in [0, 0.1) is 6.92 Å². The minimum Gasteiger partial charge on any atom is -0.494 e. The lowest BCUT2D eigenvalue weighted by Crippen LogP contribution is -2.39. The molecule has 1 aromatic carbocycles. The van der Waals surface area contributed by atoms with E-state index in [0.29, 0.717) is 18.8 Å². The van der Waals surface area contributed by atoms with Crippen LogP contribution < -0.4 is 4.74 Å². The van der Waals surface area contributed by atoms with Crippen LogP contribution in [-0.4, -0.2) is 36.7 Å². The van der Waals surface area contributed by atoms with E-state index >= 15 is 0 Å². The second-order valence-corrected chi connectivity index (χ2v) is 5.11. The topological polar surface area (TPSA) is 29.5 Å². The maximum absolute atomic E-state index is 12.6. The third-order valence-corrected chi connectivity index (χ3v) is 3.16. The summed E-state index contributed by atoms with van der Waals surface area (Å²) in [4.78, 5) is 13.2. The molecule has 0 aromatic heterocycles. The highest BCUT2D eigenvalue weighted by Gasteiger charge is 2.33. The number of alkyl halides is 3. The molecular weight excluding hydrogens is 295 g/mol. The molecule has 0 atom stereocenters. The van der Waals surface area contributed by atoms with Gasteiger partial charge in [-0.2, -0.15) is 13.2 Å². The fourth-order valence-electron chi connectivity index (χ4n) is 2.10. The van der Waals surface area contributed by atoms with Crippen molar-refractivity contribution in [3.05, 3.63) is 29.3 Å². The van der Waals surface area contributed by atoms with E-state index in [1.807, 2.05) is 13.8 Å². The molecule has 0 aliphatic carbocycles. The van der Waals surface area contributed by atoms with Crippen molar-refractivity contribution in [3.8, 4) is 5.75 Å². The molecule has 0 heterocycles. The van der Waals surface area contributed by atoms with Crippen molar-refractivity contribution in [2.75, 3.05) is 19.7 Å². The summed E-state index contributed by atoms with van der Waals surface area (Å²) in [6, 6.07) is 4.70. The smallest absolute Gasteiger partial charge is 0.406 e. The van der Waals surface area contributed by atoms with Crippen LogP contribution in [0.4, 0.5) is 13.2 Å². The first-order chi connectivity index (χ1) is 10.3. The summed E-state index contributed by atoms with van der Waals surface area (Å²) < 4.78 is 43.3. The van der Waals surface area contributed by atoms with Gasteiger partial charge < -0.3 is 9.64 Å². The number of amides is 1. The summed E-state index contributed by atoms with van der Waals surface area (Å²) in [5, 5.41) is 0. The van der Waals surface area contributed by atoms with Crippen molar-refractivity contribution in [3.63, 3.8) is 0 Å². The fraction of sp³-hybridized carbons (Fsp3) is 0.562. The summed E-state index contributed by atoms with van der Waals surface area (Å²) in [5.74, 6) is 0.0342. The molecule has 0 unspecified atom stereocenters. The quantitative estimate of drug-likeness (QED) is 0.754. The number of hydrogen-bond donors (Lipinski definition) is 0. The molecule has 3 nitrogen and oxygen atoms in total. The van der Waals surface area contributed by atoms with Crippen LogP contribution in [0.3, 0.4) is 0 Å². The highest BCUT2D eigenvalue weighted by molar-refractivity contribution is 5.94. The molecule has 6 heteroatoms. The number of ether oxygens (including phenoxy) is 1. The third kappa shape index (κ3) is 5.58. The highest BCUT2D eigenvalue weighted by Crippen LogP contribution is 2.22. The number of hydrogen-bond acceptors (Lipinski definition) is 2. The van der Waals surface area contributed by atoms with Gasteiger partial charge in [0.1, 0.15) is 12.3 Å². The zero-order chi connectivity index (χ0) is 16.8. The predicted molar refractivity (Wildman–Crippen MR) is 79.2 cm³/mol. The zero-order valence-electron chi connectivity index (χ0n) is 13.2. The number of unbranched alkanes of at least 4 members (excludes halogenated alkanes) is 1. The van der Waals surface area contributed by atoms with Gasteiger partial charge >= 0.3 is 6.18 Å². The number of rotatable bonds is 7. The molecule has 0 spiro atoms. The minimum atomic E-state index is -4.40. The van der Waals surface area contributed by atoms with Crippen molar-refractivity contribution >= 4 is 5.91 Å². The van der Waals surface area contributed by atoms with Gasteiger partial charge in [0.25, 0.3) is 5.91 Å². The van der Waals surface area contributed by atoms with Gasteiger partial charge in [-0.25, -0.2) is 0 Å². The van der Waals surface area contributed by atoms with Crippen LogP contribution in [0.25, 0.3) is 0 Å². The first kappa shape index (κ1) is 18.3. The number of carbonyl (C=O) groups excluding carboxylic acids is 1. The van der Waals surface area contributed by atoms with Crippen LogP contribution in [0.5, 0.6) is 5.75 Å². The largest absolute Gasteiger partial charge is 0.494 e. The minimum absolute atomic E-state index is 0.0983. The SMILES string of the molecule is CCCCN(CC(F)(F)F)C(=O)c1ccc(OCC)c(C)c1. The number of nitrogens with zero attached hydrogens (tertiary/aromatic N) is 1. The van der Waals surface area contributed by atoms with Gasteiger partial charge in [-0.1, -0.05) is 13.3 Å². The Bertz CT molecular complexity index is 501. The maximum atomic E-state index is 12.6. The lowest BCUT2D eigenvalue weighted by atomic mass is 10.1. The van der Waals surface area contributed by atoms with E-state index in [1.165, 1.54) is 6.07 Å². The van der Waals surface area contributed by atoms with E-state index in [0.717, 1.165) is 16.9 Å². The average molecular weight is 317 g/mol. The number of carbonyl (C=O) groups is 1. The lowest BCUT2D eigenvalue weighted by Gasteiger charge is -2.24. The Hall–Kier alpha value is -1.72.